The van der Waals surface area contributed by atoms with E-state index >= 15 is 0 Å². The van der Waals surface area contributed by atoms with E-state index in [9.17, 15) is 13.5 Å². The minimum Gasteiger partial charge on any atom is -0.394 e. The van der Waals surface area contributed by atoms with E-state index in [1.54, 1.807) is 6.20 Å². The molecule has 0 spiro atoms. The molecule has 0 bridgehead atoms. The van der Waals surface area contributed by atoms with Gasteiger partial charge < -0.3 is 10.4 Å². The maximum atomic E-state index is 11.6. The topological polar surface area (TPSA) is 143 Å². The summed E-state index contributed by atoms with van der Waals surface area (Å²) >= 11 is 7.03. The van der Waals surface area contributed by atoms with Crippen molar-refractivity contribution in [2.45, 2.75) is 43.6 Å². The van der Waals surface area contributed by atoms with Crippen molar-refractivity contribution in [2.75, 3.05) is 22.9 Å². The number of rotatable bonds is 10. The van der Waals surface area contributed by atoms with E-state index in [0.29, 0.717) is 23.2 Å². The summed E-state index contributed by atoms with van der Waals surface area (Å²) in [5.74, 6) is 0.401. The Morgan fingerprint density at radius 3 is 2.38 bits per heavy atom. The van der Waals surface area contributed by atoms with Crippen molar-refractivity contribution < 1.29 is 13.5 Å². The molecule has 0 amide bonds. The largest absolute Gasteiger partial charge is 0.394 e. The first kappa shape index (κ1) is 23.5. The molecule has 3 N–H and O–H groups in total. The van der Waals surface area contributed by atoms with Gasteiger partial charge in [0.05, 0.1) is 42.2 Å². The Bertz CT molecular complexity index is 913. The molecule has 13 heteroatoms. The van der Waals surface area contributed by atoms with Gasteiger partial charge in [-0.25, -0.2) is 13.4 Å². The second-order valence-corrected chi connectivity index (χ2v) is 10.3. The van der Waals surface area contributed by atoms with Crippen LogP contribution in [0.4, 0.5) is 11.9 Å². The Morgan fingerprint density at radius 2 is 1.83 bits per heavy atom. The highest BCUT2D eigenvalue weighted by Crippen LogP contribution is 2.32. The number of aromatic nitrogens is 5. The number of halogens is 1. The molecule has 0 saturated heterocycles. The lowest BCUT2D eigenvalue weighted by atomic mass is 10.0. The number of hydrogen-bond acceptors (Lipinski definition) is 10. The van der Waals surface area contributed by atoms with Crippen molar-refractivity contribution >= 4 is 45.3 Å². The molecule has 1 unspecified atom stereocenters. The van der Waals surface area contributed by atoms with Crippen LogP contribution >= 0.6 is 23.4 Å². The lowest BCUT2D eigenvalue weighted by Crippen LogP contribution is -2.27. The summed E-state index contributed by atoms with van der Waals surface area (Å²) in [4.78, 5) is 20.9. The van der Waals surface area contributed by atoms with Crippen LogP contribution in [0.2, 0.25) is 5.15 Å². The zero-order valence-corrected chi connectivity index (χ0v) is 18.9. The molecule has 0 aliphatic heterocycles. The van der Waals surface area contributed by atoms with E-state index in [1.807, 2.05) is 20.8 Å². The van der Waals surface area contributed by atoms with Crippen molar-refractivity contribution in [1.29, 1.82) is 0 Å². The summed E-state index contributed by atoms with van der Waals surface area (Å²) < 4.78 is 25.5. The van der Waals surface area contributed by atoms with Crippen molar-refractivity contribution in [1.82, 2.24) is 24.9 Å². The quantitative estimate of drug-likeness (QED) is 0.451. The van der Waals surface area contributed by atoms with Crippen LogP contribution in [0, 0.1) is 5.92 Å². The van der Waals surface area contributed by atoms with Gasteiger partial charge in [0, 0.05) is 0 Å². The SMILES string of the molecule is CC(C)C[C@H](CO)Nc1nc(NS(C)(=O)=O)nc(SC(C)c2cnc(Cl)cn2)n1. The van der Waals surface area contributed by atoms with Gasteiger partial charge in [-0.3, -0.25) is 9.71 Å². The first-order valence-corrected chi connectivity index (χ1v) is 12.0. The predicted molar refractivity (Wildman–Crippen MR) is 114 cm³/mol. The van der Waals surface area contributed by atoms with Crippen LogP contribution in [0.5, 0.6) is 0 Å². The molecule has 2 heterocycles. The summed E-state index contributed by atoms with van der Waals surface area (Å²) in [5, 5.41) is 13.0. The lowest BCUT2D eigenvalue weighted by molar-refractivity contribution is 0.259. The molecule has 0 aliphatic rings. The molecule has 0 saturated carbocycles. The highest BCUT2D eigenvalue weighted by molar-refractivity contribution is 7.99. The third-order valence-corrected chi connectivity index (χ3v) is 5.28. The number of aliphatic hydroxyl groups is 1. The molecule has 0 aliphatic carbocycles. The number of thioether (sulfide) groups is 1. The number of nitrogens with zero attached hydrogens (tertiary/aromatic N) is 5. The van der Waals surface area contributed by atoms with Gasteiger partial charge in [0.15, 0.2) is 5.16 Å². The predicted octanol–water partition coefficient (Wildman–Crippen LogP) is 2.36. The number of sulfonamides is 1. The molecule has 10 nitrogen and oxygen atoms in total. The molecule has 0 fully saturated rings. The average Bonchev–Trinajstić information content (AvgIpc) is 2.59. The average molecular weight is 462 g/mol. The lowest BCUT2D eigenvalue weighted by Gasteiger charge is -2.19. The van der Waals surface area contributed by atoms with Gasteiger partial charge in [-0.1, -0.05) is 37.2 Å². The molecule has 2 aromatic heterocycles. The third-order valence-electron chi connectivity index (χ3n) is 3.54. The fourth-order valence-electron chi connectivity index (χ4n) is 2.37. The summed E-state index contributed by atoms with van der Waals surface area (Å²) in [7, 11) is -3.58. The summed E-state index contributed by atoms with van der Waals surface area (Å²) in [6.07, 6.45) is 4.71. The fraction of sp³-hybridized carbons (Fsp3) is 0.562. The van der Waals surface area contributed by atoms with Gasteiger partial charge in [-0.2, -0.15) is 15.0 Å². The Kier molecular flexibility index (Phi) is 8.37. The van der Waals surface area contributed by atoms with Gasteiger partial charge in [-0.05, 0) is 19.3 Å². The highest BCUT2D eigenvalue weighted by Gasteiger charge is 2.18. The van der Waals surface area contributed by atoms with Crippen LogP contribution in [0.1, 0.15) is 38.1 Å². The number of anilines is 2. The Balaban J connectivity index is 2.29. The molecule has 2 atom stereocenters. The standard InChI is InChI=1S/C16H24ClN7O3S2/c1-9(2)5-11(8-25)20-14-21-15(24-29(4,26)27)23-16(22-14)28-10(3)12-6-19-13(17)7-18-12/h6-7,9-11,25H,5,8H2,1-4H3,(H2,20,21,22,23,24)/t10?,11-/m1/s1. The smallest absolute Gasteiger partial charge is 0.242 e. The van der Waals surface area contributed by atoms with E-state index in [0.717, 1.165) is 6.26 Å². The molecule has 0 aromatic carbocycles. The minimum atomic E-state index is -3.58. The summed E-state index contributed by atoms with van der Waals surface area (Å²) in [5.41, 5.74) is 0.667. The second kappa shape index (κ2) is 10.3. The maximum Gasteiger partial charge on any atom is 0.242 e. The maximum absolute atomic E-state index is 11.6. The minimum absolute atomic E-state index is 0.108. The molecule has 29 heavy (non-hydrogen) atoms. The van der Waals surface area contributed by atoms with Gasteiger partial charge in [0.25, 0.3) is 0 Å². The van der Waals surface area contributed by atoms with E-state index in [2.05, 4.69) is 35.0 Å². The van der Waals surface area contributed by atoms with Crippen molar-refractivity contribution in [3.8, 4) is 0 Å². The molecule has 2 aromatic rings. The zero-order chi connectivity index (χ0) is 21.6. The third kappa shape index (κ3) is 8.25. The van der Waals surface area contributed by atoms with Crippen LogP contribution < -0.4 is 10.0 Å². The molecular weight excluding hydrogens is 438 g/mol. The van der Waals surface area contributed by atoms with Crippen LogP contribution in [-0.2, 0) is 10.0 Å². The summed E-state index contributed by atoms with van der Waals surface area (Å²) in [6, 6.07) is -0.277. The first-order valence-electron chi connectivity index (χ1n) is 8.81. The summed E-state index contributed by atoms with van der Waals surface area (Å²) in [6.45, 7) is 5.84. The van der Waals surface area contributed by atoms with E-state index < -0.39 is 10.0 Å². The molecule has 2 rings (SSSR count). The van der Waals surface area contributed by atoms with Gasteiger partial charge >= 0.3 is 0 Å². The highest BCUT2D eigenvalue weighted by atomic mass is 35.5. The Labute approximate surface area is 179 Å². The zero-order valence-electron chi connectivity index (χ0n) is 16.5. The first-order chi connectivity index (χ1) is 13.6. The van der Waals surface area contributed by atoms with E-state index in [4.69, 9.17) is 11.6 Å². The van der Waals surface area contributed by atoms with Crippen molar-refractivity contribution in [2.24, 2.45) is 5.92 Å². The van der Waals surface area contributed by atoms with Crippen molar-refractivity contribution in [3.63, 3.8) is 0 Å². The normalized spacial score (nSPS) is 13.9. The van der Waals surface area contributed by atoms with Gasteiger partial charge in [0.2, 0.25) is 21.9 Å². The second-order valence-electron chi connectivity index (χ2n) is 6.82. The number of nitrogens with one attached hydrogen (secondary N) is 2. The van der Waals surface area contributed by atoms with Crippen LogP contribution in [0.25, 0.3) is 0 Å². The van der Waals surface area contributed by atoms with Gasteiger partial charge in [0.1, 0.15) is 5.15 Å². The fourth-order valence-corrected chi connectivity index (χ4v) is 3.72. The molecule has 0 radical (unpaired) electrons. The van der Waals surface area contributed by atoms with Crippen LogP contribution in [0.15, 0.2) is 17.6 Å². The Hall–Kier alpha value is -1.76. The van der Waals surface area contributed by atoms with Crippen molar-refractivity contribution in [3.05, 3.63) is 23.2 Å². The van der Waals surface area contributed by atoms with Crippen LogP contribution in [0.3, 0.4) is 0 Å². The van der Waals surface area contributed by atoms with Crippen LogP contribution in [-0.4, -0.2) is 57.3 Å². The molecule has 160 valence electrons. The van der Waals surface area contributed by atoms with E-state index in [-0.39, 0.29) is 34.9 Å². The van der Waals surface area contributed by atoms with E-state index in [1.165, 1.54) is 18.0 Å². The number of hydrogen-bond donors (Lipinski definition) is 3. The monoisotopic (exact) mass is 461 g/mol. The number of aliphatic hydroxyl groups excluding tert-OH is 1. The molecular formula is C16H24ClN7O3S2. The van der Waals surface area contributed by atoms with Gasteiger partial charge in [-0.15, -0.1) is 0 Å². The Morgan fingerprint density at radius 1 is 1.14 bits per heavy atom.